The normalized spacial score (nSPS) is 15.1. The van der Waals surface area contributed by atoms with Crippen molar-refractivity contribution in [1.29, 1.82) is 0 Å². The second-order valence-corrected chi connectivity index (χ2v) is 14.6. The highest BCUT2D eigenvalue weighted by Gasteiger charge is 2.46. The van der Waals surface area contributed by atoms with Crippen LogP contribution in [0, 0.1) is 0 Å². The number of aromatic nitrogens is 2. The molecule has 0 N–H and O–H groups in total. The number of hydroxylamine groups is 1. The third-order valence-electron chi connectivity index (χ3n) is 6.93. The standard InChI is InChI=1S/C17H20ClN3O3.C15H15NO3.Al/c1-6-13(21(5)16(22)24-17(2,3)4)15-20-19-14(23-15)11-7-9-12(18)10-8-11;17-15(18-11-13-7-3-1-4-8-13)16-19-12-14-9-5-2-6-10-14;/h7-10,13H,1,5-6H2,2-4H3;1-10H,11-12H2,(H,16,17);/q;;+1/p-1/t13-;;/m0../s1. The molecule has 3 aromatic carbocycles. The van der Waals surface area contributed by atoms with E-state index in [9.17, 15) is 9.59 Å². The molecule has 0 saturated carbocycles. The fourth-order valence-corrected chi connectivity index (χ4v) is 7.72. The lowest BCUT2D eigenvalue weighted by Gasteiger charge is -2.39. The van der Waals surface area contributed by atoms with Crippen molar-refractivity contribution in [3.05, 3.63) is 107 Å². The summed E-state index contributed by atoms with van der Waals surface area (Å²) in [7, 11) is 0. The van der Waals surface area contributed by atoms with Gasteiger partial charge in [-0.2, -0.15) is 0 Å². The molecule has 4 aromatic rings. The molecule has 0 spiro atoms. The SMILES string of the molecule is CC(C)(C)OC(=O)N1[CH2][Al]([N](OCc2ccccc2)C(=O)OCc2ccccc2)[CH2]C[C@H]1c1nnc(-c2ccc(Cl)cc2)o1. The second kappa shape index (κ2) is 14.3. The molecule has 1 fully saturated rings. The van der Waals surface area contributed by atoms with Gasteiger partial charge < -0.3 is 18.8 Å². The van der Waals surface area contributed by atoms with E-state index in [1.54, 1.807) is 49.9 Å². The Hall–Kier alpha value is -3.88. The van der Waals surface area contributed by atoms with Gasteiger partial charge in [0.15, 0.2) is 0 Å². The molecule has 0 radical (unpaired) electrons. The molecule has 0 unspecified atom stereocenters. The highest BCUT2D eigenvalue weighted by atomic mass is 35.5. The summed E-state index contributed by atoms with van der Waals surface area (Å²) in [4.78, 5) is 34.8. The Morgan fingerprint density at radius 2 is 1.59 bits per heavy atom. The maximum atomic E-state index is 13.6. The number of hydrogen-bond acceptors (Lipinski definition) is 8. The number of nitrogens with zero attached hydrogens (tertiary/aromatic N) is 4. The van der Waals surface area contributed by atoms with Gasteiger partial charge in [-0.15, -0.1) is 10.2 Å². The first-order valence-corrected chi connectivity index (χ1v) is 16.9. The Bertz CT molecular complexity index is 1530. The Balaban J connectivity index is 1.38. The van der Waals surface area contributed by atoms with Crippen LogP contribution in [0.4, 0.5) is 9.59 Å². The maximum absolute atomic E-state index is 13.6. The lowest BCUT2D eigenvalue weighted by Crippen LogP contribution is -2.56. The molecule has 1 aliphatic heterocycles. The van der Waals surface area contributed by atoms with Crippen LogP contribution in [0.1, 0.15) is 50.3 Å². The van der Waals surface area contributed by atoms with Crippen molar-refractivity contribution in [2.24, 2.45) is 0 Å². The summed E-state index contributed by atoms with van der Waals surface area (Å²) >= 11 is 3.72. The van der Waals surface area contributed by atoms with Gasteiger partial charge in [0, 0.05) is 16.0 Å². The Labute approximate surface area is 266 Å². The quantitative estimate of drug-likeness (QED) is 0.146. The third kappa shape index (κ3) is 8.39. The van der Waals surface area contributed by atoms with Crippen molar-refractivity contribution in [1.82, 2.24) is 19.1 Å². The van der Waals surface area contributed by atoms with Crippen molar-refractivity contribution in [3.63, 3.8) is 0 Å². The van der Waals surface area contributed by atoms with E-state index in [-0.39, 0.29) is 24.5 Å². The van der Waals surface area contributed by atoms with E-state index in [4.69, 9.17) is 30.3 Å². The van der Waals surface area contributed by atoms with E-state index in [1.165, 1.54) is 4.05 Å². The summed E-state index contributed by atoms with van der Waals surface area (Å²) in [6, 6.07) is 25.5. The molecule has 0 aliphatic carbocycles. The molecule has 1 aromatic heterocycles. The fraction of sp³-hybridized carbons (Fsp3) is 0.312. The van der Waals surface area contributed by atoms with Gasteiger partial charge in [-0.25, -0.2) is 9.59 Å². The number of benzene rings is 3. The number of amides is 2. The molecule has 2 heterocycles. The zero-order valence-electron chi connectivity index (χ0n) is 24.9. The van der Waals surface area contributed by atoms with Crippen LogP contribution in [0.3, 0.4) is 0 Å². The molecule has 44 heavy (non-hydrogen) atoms. The molecule has 1 aliphatic rings. The Morgan fingerprint density at radius 1 is 0.955 bits per heavy atom. The predicted molar refractivity (Wildman–Crippen MR) is 165 cm³/mol. The lowest BCUT2D eigenvalue weighted by atomic mass is 10.2. The minimum atomic E-state index is -2.31. The molecule has 12 heteroatoms. The number of halogens is 1. The van der Waals surface area contributed by atoms with Gasteiger partial charge in [0.25, 0.3) is 0 Å². The fourth-order valence-electron chi connectivity index (χ4n) is 4.81. The van der Waals surface area contributed by atoms with Gasteiger partial charge >= 0.3 is 26.6 Å². The number of carbonyl (C=O) groups is 2. The minimum Gasteiger partial charge on any atom is -0.445 e. The van der Waals surface area contributed by atoms with E-state index in [2.05, 4.69) is 10.2 Å². The zero-order valence-corrected chi connectivity index (χ0v) is 26.8. The largest absolute Gasteiger partial charge is 0.482 e. The summed E-state index contributed by atoms with van der Waals surface area (Å²) in [5.41, 5.74) is 1.73. The van der Waals surface area contributed by atoms with Crippen LogP contribution in [0.5, 0.6) is 0 Å². The van der Waals surface area contributed by atoms with Gasteiger partial charge in [-0.1, -0.05) is 77.5 Å². The molecule has 2 amide bonds. The average Bonchev–Trinajstić information content (AvgIpc) is 3.51. The van der Waals surface area contributed by atoms with Crippen molar-refractivity contribution < 1.29 is 28.3 Å². The minimum absolute atomic E-state index is 0.0971. The van der Waals surface area contributed by atoms with Gasteiger partial charge in [0.2, 0.25) is 11.8 Å². The van der Waals surface area contributed by atoms with Crippen LogP contribution in [-0.2, 0) is 27.5 Å². The Kier molecular flexibility index (Phi) is 10.2. The number of hydrogen-bond donors (Lipinski definition) is 0. The molecular formula is C32H34AlClN4O6. The monoisotopic (exact) mass is 632 g/mol. The third-order valence-corrected chi connectivity index (χ3v) is 10.0. The van der Waals surface area contributed by atoms with Crippen LogP contribution in [-0.4, -0.2) is 56.7 Å². The summed E-state index contributed by atoms with van der Waals surface area (Å²) in [6.45, 7) is 5.69. The first-order chi connectivity index (χ1) is 21.2. The first-order valence-electron chi connectivity index (χ1n) is 14.4. The average molecular weight is 633 g/mol. The lowest BCUT2D eigenvalue weighted by molar-refractivity contribution is -0.0935. The van der Waals surface area contributed by atoms with E-state index < -0.39 is 38.2 Å². The molecular weight excluding hydrogens is 599 g/mol. The van der Waals surface area contributed by atoms with E-state index in [0.29, 0.717) is 28.2 Å². The highest BCUT2D eigenvalue weighted by Crippen LogP contribution is 2.34. The van der Waals surface area contributed by atoms with Crippen LogP contribution in [0.25, 0.3) is 11.5 Å². The zero-order chi connectivity index (χ0) is 31.1. The second-order valence-electron chi connectivity index (χ2n) is 11.5. The van der Waals surface area contributed by atoms with E-state index in [0.717, 1.165) is 11.1 Å². The smallest absolute Gasteiger partial charge is 0.445 e. The van der Waals surface area contributed by atoms with Crippen LogP contribution < -0.4 is 0 Å². The van der Waals surface area contributed by atoms with Crippen molar-refractivity contribution in [3.8, 4) is 11.5 Å². The molecule has 228 valence electrons. The number of carbonyl (C=O) groups excluding carboxylic acids is 2. The van der Waals surface area contributed by atoms with E-state index in [1.807, 2.05) is 60.7 Å². The molecule has 1 atom stereocenters. The van der Waals surface area contributed by atoms with E-state index >= 15 is 0 Å². The summed E-state index contributed by atoms with van der Waals surface area (Å²) in [5.74, 6) is 0.606. The Morgan fingerprint density at radius 3 is 2.23 bits per heavy atom. The van der Waals surface area contributed by atoms with Gasteiger partial charge in [0.05, 0.1) is 6.61 Å². The summed E-state index contributed by atoms with van der Waals surface area (Å²) in [5, 5.41) is 9.94. The highest BCUT2D eigenvalue weighted by molar-refractivity contribution is 6.58. The molecule has 1 saturated heterocycles. The van der Waals surface area contributed by atoms with Crippen LogP contribution in [0.15, 0.2) is 89.3 Å². The summed E-state index contributed by atoms with van der Waals surface area (Å²) < 4.78 is 18.9. The summed E-state index contributed by atoms with van der Waals surface area (Å²) in [6.07, 6.45) is -0.659. The first kappa shape index (κ1) is 31.5. The van der Waals surface area contributed by atoms with Crippen molar-refractivity contribution in [2.45, 2.75) is 57.3 Å². The number of rotatable bonds is 8. The maximum Gasteiger partial charge on any atom is 0.482 e. The van der Waals surface area contributed by atoms with Crippen LogP contribution >= 0.6 is 11.6 Å². The van der Waals surface area contributed by atoms with Gasteiger partial charge in [-0.05, 0) is 62.6 Å². The molecule has 0 bridgehead atoms. The van der Waals surface area contributed by atoms with Gasteiger partial charge in [0.1, 0.15) is 18.2 Å². The predicted octanol–water partition coefficient (Wildman–Crippen LogP) is 7.37. The topological polar surface area (TPSA) is 107 Å². The van der Waals surface area contributed by atoms with Crippen LogP contribution in [0.2, 0.25) is 10.3 Å². The van der Waals surface area contributed by atoms with Gasteiger partial charge in [-0.3, -0.25) is 8.88 Å². The van der Waals surface area contributed by atoms with Crippen molar-refractivity contribution >= 4 is 38.2 Å². The number of ether oxygens (including phenoxy) is 2. The van der Waals surface area contributed by atoms with Crippen molar-refractivity contribution in [2.75, 3.05) is 5.41 Å². The molecule has 5 rings (SSSR count). The molecule has 10 nitrogen and oxygen atoms in total.